The monoisotopic (exact) mass is 382 g/mol. The van der Waals surface area contributed by atoms with E-state index in [4.69, 9.17) is 4.74 Å². The highest BCUT2D eigenvalue weighted by Gasteiger charge is 2.13. The summed E-state index contributed by atoms with van der Waals surface area (Å²) in [5, 5.41) is 5.76. The molecule has 0 bridgehead atoms. The molecule has 2 amide bonds. The second-order valence-electron chi connectivity index (χ2n) is 7.39. The molecule has 0 spiro atoms. The number of likely N-dealkylation sites (N-methyl/N-ethyl adjacent to an activating group) is 1. The number of hydrogen-bond donors (Lipinski definition) is 2. The van der Waals surface area contributed by atoms with E-state index < -0.39 is 0 Å². The maximum atomic E-state index is 12.1. The highest BCUT2D eigenvalue weighted by Crippen LogP contribution is 2.21. The van der Waals surface area contributed by atoms with Crippen LogP contribution in [-0.2, 0) is 13.1 Å². The van der Waals surface area contributed by atoms with Crippen molar-refractivity contribution >= 4 is 11.7 Å². The van der Waals surface area contributed by atoms with Gasteiger partial charge in [-0.05, 0) is 48.9 Å². The molecule has 1 aliphatic heterocycles. The summed E-state index contributed by atoms with van der Waals surface area (Å²) in [6, 6.07) is 13.8. The number of piperazine rings is 1. The Hall–Kier alpha value is -2.57. The van der Waals surface area contributed by atoms with Crippen LogP contribution in [0.15, 0.2) is 42.5 Å². The normalized spacial score (nSPS) is 15.2. The van der Waals surface area contributed by atoms with Crippen LogP contribution in [0.2, 0.25) is 0 Å². The third-order valence-electron chi connectivity index (χ3n) is 5.13. The number of ether oxygens (including phenoxy) is 1. The Labute approximate surface area is 167 Å². The Balaban J connectivity index is 1.45. The van der Waals surface area contributed by atoms with Crippen LogP contribution in [0.5, 0.6) is 5.75 Å². The maximum Gasteiger partial charge on any atom is 0.319 e. The van der Waals surface area contributed by atoms with Crippen LogP contribution in [0.4, 0.5) is 10.5 Å². The van der Waals surface area contributed by atoms with E-state index in [0.29, 0.717) is 6.54 Å². The third kappa shape index (κ3) is 5.71. The van der Waals surface area contributed by atoms with Crippen molar-refractivity contribution in [1.82, 2.24) is 15.1 Å². The predicted molar refractivity (Wildman–Crippen MR) is 113 cm³/mol. The second-order valence-corrected chi connectivity index (χ2v) is 7.39. The molecular weight excluding hydrogens is 352 g/mol. The van der Waals surface area contributed by atoms with Gasteiger partial charge in [-0.3, -0.25) is 4.90 Å². The summed E-state index contributed by atoms with van der Waals surface area (Å²) in [5.41, 5.74) is 4.13. The number of carbonyl (C=O) groups is 1. The van der Waals surface area contributed by atoms with Crippen molar-refractivity contribution in [3.63, 3.8) is 0 Å². The molecule has 6 nitrogen and oxygen atoms in total. The zero-order chi connectivity index (χ0) is 19.9. The first-order valence-corrected chi connectivity index (χ1v) is 9.71. The van der Waals surface area contributed by atoms with Crippen molar-refractivity contribution < 1.29 is 9.53 Å². The largest absolute Gasteiger partial charge is 0.496 e. The number of amides is 2. The van der Waals surface area contributed by atoms with Crippen molar-refractivity contribution in [3.8, 4) is 5.75 Å². The molecule has 2 aromatic rings. The summed E-state index contributed by atoms with van der Waals surface area (Å²) >= 11 is 0. The van der Waals surface area contributed by atoms with Crippen molar-refractivity contribution in [2.24, 2.45) is 0 Å². The average molecular weight is 383 g/mol. The van der Waals surface area contributed by atoms with Gasteiger partial charge < -0.3 is 20.3 Å². The van der Waals surface area contributed by atoms with Crippen LogP contribution >= 0.6 is 0 Å². The quantitative estimate of drug-likeness (QED) is 0.806. The third-order valence-corrected chi connectivity index (χ3v) is 5.13. The Kier molecular flexibility index (Phi) is 6.90. The van der Waals surface area contributed by atoms with Crippen LogP contribution in [0, 0.1) is 6.92 Å². The minimum Gasteiger partial charge on any atom is -0.496 e. The summed E-state index contributed by atoms with van der Waals surface area (Å²) in [6.45, 7) is 7.92. The van der Waals surface area contributed by atoms with E-state index in [1.165, 1.54) is 5.56 Å². The molecule has 0 aromatic heterocycles. The number of nitrogens with one attached hydrogen (secondary N) is 2. The molecule has 1 aliphatic rings. The number of aryl methyl sites for hydroxylation is 1. The van der Waals surface area contributed by atoms with Crippen LogP contribution in [-0.4, -0.2) is 56.2 Å². The van der Waals surface area contributed by atoms with Crippen LogP contribution in [0.3, 0.4) is 0 Å². The first-order valence-electron chi connectivity index (χ1n) is 9.71. The smallest absolute Gasteiger partial charge is 0.319 e. The van der Waals surface area contributed by atoms with E-state index in [2.05, 4.69) is 51.7 Å². The number of carbonyl (C=O) groups excluding carboxylic acids is 1. The Bertz CT molecular complexity index is 784. The van der Waals surface area contributed by atoms with E-state index in [-0.39, 0.29) is 6.03 Å². The topological polar surface area (TPSA) is 56.8 Å². The van der Waals surface area contributed by atoms with Gasteiger partial charge in [0.15, 0.2) is 0 Å². The molecular formula is C22H30N4O2. The fourth-order valence-electron chi connectivity index (χ4n) is 3.34. The first kappa shape index (κ1) is 20.2. The fraction of sp³-hybridized carbons (Fsp3) is 0.409. The summed E-state index contributed by atoms with van der Waals surface area (Å²) in [7, 11) is 3.81. The summed E-state index contributed by atoms with van der Waals surface area (Å²) in [5.74, 6) is 0.808. The van der Waals surface area contributed by atoms with Gasteiger partial charge in [-0.2, -0.15) is 0 Å². The molecule has 2 aromatic carbocycles. The lowest BCUT2D eigenvalue weighted by molar-refractivity contribution is 0.148. The van der Waals surface area contributed by atoms with Crippen molar-refractivity contribution in [3.05, 3.63) is 59.2 Å². The number of urea groups is 1. The molecule has 0 atom stereocenters. The number of anilines is 1. The molecule has 0 radical (unpaired) electrons. The van der Waals surface area contributed by atoms with E-state index in [0.717, 1.165) is 55.3 Å². The molecule has 150 valence electrons. The van der Waals surface area contributed by atoms with Gasteiger partial charge in [0.1, 0.15) is 5.75 Å². The van der Waals surface area contributed by atoms with Gasteiger partial charge in [-0.15, -0.1) is 0 Å². The number of methoxy groups -OCH3 is 1. The molecule has 1 heterocycles. The van der Waals surface area contributed by atoms with Crippen LogP contribution < -0.4 is 15.4 Å². The second kappa shape index (κ2) is 9.57. The highest BCUT2D eigenvalue weighted by atomic mass is 16.5. The van der Waals surface area contributed by atoms with Gasteiger partial charge in [-0.1, -0.05) is 24.3 Å². The van der Waals surface area contributed by atoms with Crippen molar-refractivity contribution in [1.29, 1.82) is 0 Å². The number of benzene rings is 2. The maximum absolute atomic E-state index is 12.1. The molecule has 0 saturated carbocycles. The summed E-state index contributed by atoms with van der Waals surface area (Å²) in [6.07, 6.45) is 0. The van der Waals surface area contributed by atoms with Crippen LogP contribution in [0.25, 0.3) is 0 Å². The average Bonchev–Trinajstić information content (AvgIpc) is 2.69. The fourth-order valence-corrected chi connectivity index (χ4v) is 3.34. The van der Waals surface area contributed by atoms with E-state index in [9.17, 15) is 4.79 Å². The lowest BCUT2D eigenvalue weighted by Crippen LogP contribution is -2.43. The van der Waals surface area contributed by atoms with Gasteiger partial charge in [0.05, 0.1) is 7.11 Å². The highest BCUT2D eigenvalue weighted by molar-refractivity contribution is 5.89. The first-order chi connectivity index (χ1) is 13.5. The predicted octanol–water partition coefficient (Wildman–Crippen LogP) is 3.07. The lowest BCUT2D eigenvalue weighted by atomic mass is 10.1. The number of hydrogen-bond acceptors (Lipinski definition) is 4. The molecule has 1 saturated heterocycles. The molecule has 0 unspecified atom stereocenters. The zero-order valence-electron chi connectivity index (χ0n) is 17.0. The zero-order valence-corrected chi connectivity index (χ0v) is 17.0. The van der Waals surface area contributed by atoms with E-state index in [1.807, 2.05) is 25.1 Å². The summed E-state index contributed by atoms with van der Waals surface area (Å²) in [4.78, 5) is 17.0. The molecule has 1 fully saturated rings. The molecule has 6 heteroatoms. The van der Waals surface area contributed by atoms with Gasteiger partial charge in [0.25, 0.3) is 0 Å². The minimum atomic E-state index is -0.217. The standard InChI is InChI=1S/C22H30N4O2/c1-17-14-20(8-9-21(17)28-3)24-22(27)23-15-18-4-6-19(7-5-18)16-26-12-10-25(2)11-13-26/h4-9,14H,10-13,15-16H2,1-3H3,(H2,23,24,27). The van der Waals surface area contributed by atoms with Gasteiger partial charge in [0, 0.05) is 45.0 Å². The summed E-state index contributed by atoms with van der Waals surface area (Å²) < 4.78 is 5.24. The number of rotatable bonds is 6. The van der Waals surface area contributed by atoms with E-state index >= 15 is 0 Å². The SMILES string of the molecule is COc1ccc(NC(=O)NCc2ccc(CN3CCN(C)CC3)cc2)cc1C. The molecule has 2 N–H and O–H groups in total. The Morgan fingerprint density at radius 3 is 2.36 bits per heavy atom. The lowest BCUT2D eigenvalue weighted by Gasteiger charge is -2.32. The Morgan fingerprint density at radius 2 is 1.71 bits per heavy atom. The molecule has 0 aliphatic carbocycles. The number of nitrogens with zero attached hydrogens (tertiary/aromatic N) is 2. The van der Waals surface area contributed by atoms with E-state index in [1.54, 1.807) is 7.11 Å². The Morgan fingerprint density at radius 1 is 1.04 bits per heavy atom. The van der Waals surface area contributed by atoms with Crippen molar-refractivity contribution in [2.75, 3.05) is 45.7 Å². The van der Waals surface area contributed by atoms with Gasteiger partial charge >= 0.3 is 6.03 Å². The molecule has 3 rings (SSSR count). The molecule has 28 heavy (non-hydrogen) atoms. The minimum absolute atomic E-state index is 0.217. The van der Waals surface area contributed by atoms with Gasteiger partial charge in [-0.25, -0.2) is 4.79 Å². The van der Waals surface area contributed by atoms with Gasteiger partial charge in [0.2, 0.25) is 0 Å². The van der Waals surface area contributed by atoms with Crippen molar-refractivity contribution in [2.45, 2.75) is 20.0 Å². The van der Waals surface area contributed by atoms with Crippen LogP contribution in [0.1, 0.15) is 16.7 Å².